The van der Waals surface area contributed by atoms with Crippen molar-refractivity contribution in [3.63, 3.8) is 0 Å². The molecule has 2 aliphatic rings. The Morgan fingerprint density at radius 3 is 2.81 bits per heavy atom. The van der Waals surface area contributed by atoms with E-state index in [9.17, 15) is 18.4 Å². The van der Waals surface area contributed by atoms with E-state index in [4.69, 9.17) is 22.2 Å². The van der Waals surface area contributed by atoms with Crippen molar-refractivity contribution in [2.75, 3.05) is 6.61 Å². The summed E-state index contributed by atoms with van der Waals surface area (Å²) in [4.78, 5) is 27.4. The maximum absolute atomic E-state index is 14.1. The van der Waals surface area contributed by atoms with E-state index in [0.717, 1.165) is 18.9 Å². The fraction of sp³-hybridized carbons (Fsp3) is 0.545. The Bertz CT molecular complexity index is 885. The van der Waals surface area contributed by atoms with Gasteiger partial charge in [-0.15, -0.1) is 0 Å². The number of nitrogens with one attached hydrogen (secondary N) is 1. The van der Waals surface area contributed by atoms with Crippen LogP contribution in [0.3, 0.4) is 0 Å². The summed E-state index contributed by atoms with van der Waals surface area (Å²) in [6.45, 7) is 0.0817. The van der Waals surface area contributed by atoms with Gasteiger partial charge in [-0.2, -0.15) is 5.26 Å². The number of thiocarbonyl (C=S) groups is 1. The van der Waals surface area contributed by atoms with Gasteiger partial charge in [-0.3, -0.25) is 4.79 Å². The average molecular weight is 450 g/mol. The number of esters is 1. The monoisotopic (exact) mass is 449 g/mol. The van der Waals surface area contributed by atoms with Crippen LogP contribution in [-0.4, -0.2) is 40.5 Å². The van der Waals surface area contributed by atoms with Crippen molar-refractivity contribution in [2.45, 2.75) is 63.6 Å². The van der Waals surface area contributed by atoms with E-state index in [0.29, 0.717) is 30.2 Å². The molecule has 9 heteroatoms. The lowest BCUT2D eigenvalue weighted by molar-refractivity contribution is -0.148. The second kappa shape index (κ2) is 10.6. The highest BCUT2D eigenvalue weighted by molar-refractivity contribution is 7.80. The Hall–Kier alpha value is -2.60. The van der Waals surface area contributed by atoms with Crippen LogP contribution in [0.1, 0.15) is 50.5 Å². The van der Waals surface area contributed by atoms with Gasteiger partial charge in [-0.1, -0.05) is 37.2 Å². The summed E-state index contributed by atoms with van der Waals surface area (Å²) in [6.07, 6.45) is 3.95. The summed E-state index contributed by atoms with van der Waals surface area (Å²) in [6, 6.07) is 4.90. The van der Waals surface area contributed by atoms with Gasteiger partial charge in [0, 0.05) is 24.6 Å². The minimum Gasteiger partial charge on any atom is -0.463 e. The average Bonchev–Trinajstić information content (AvgIpc) is 3.49. The molecule has 1 heterocycles. The van der Waals surface area contributed by atoms with E-state index in [2.05, 4.69) is 5.32 Å². The van der Waals surface area contributed by atoms with Crippen LogP contribution in [0, 0.1) is 28.9 Å². The molecule has 1 aliphatic carbocycles. The highest BCUT2D eigenvalue weighted by atomic mass is 32.1. The fourth-order valence-corrected chi connectivity index (χ4v) is 4.07. The third kappa shape index (κ3) is 6.44. The lowest BCUT2D eigenvalue weighted by Crippen LogP contribution is -2.44. The van der Waals surface area contributed by atoms with Crippen LogP contribution < -0.4 is 5.32 Å². The molecule has 1 N–H and O–H groups in total. The summed E-state index contributed by atoms with van der Waals surface area (Å²) in [7, 11) is 0. The molecule has 6 nitrogen and oxygen atoms in total. The van der Waals surface area contributed by atoms with E-state index in [-0.39, 0.29) is 43.5 Å². The maximum atomic E-state index is 14.1. The Kier molecular flexibility index (Phi) is 7.91. The molecule has 1 aromatic carbocycles. The van der Waals surface area contributed by atoms with Crippen molar-refractivity contribution in [2.24, 2.45) is 5.92 Å². The maximum Gasteiger partial charge on any atom is 0.328 e. The smallest absolute Gasteiger partial charge is 0.328 e. The van der Waals surface area contributed by atoms with Gasteiger partial charge in [0.15, 0.2) is 11.6 Å². The zero-order chi connectivity index (χ0) is 22.4. The van der Waals surface area contributed by atoms with Gasteiger partial charge in [-0.05, 0) is 31.2 Å². The van der Waals surface area contributed by atoms with Crippen LogP contribution in [0.5, 0.6) is 0 Å². The van der Waals surface area contributed by atoms with Crippen molar-refractivity contribution in [1.29, 1.82) is 5.26 Å². The second-order valence-corrected chi connectivity index (χ2v) is 8.48. The van der Waals surface area contributed by atoms with Crippen molar-refractivity contribution >= 4 is 29.1 Å². The predicted octanol–water partition coefficient (Wildman–Crippen LogP) is 3.39. The van der Waals surface area contributed by atoms with Crippen LogP contribution in [-0.2, 0) is 20.9 Å². The Morgan fingerprint density at radius 1 is 1.32 bits per heavy atom. The molecule has 1 saturated carbocycles. The number of nitriles is 1. The molecule has 2 atom stereocenters. The minimum atomic E-state index is -0.922. The normalized spacial score (nSPS) is 19.1. The first-order valence-electron chi connectivity index (χ1n) is 10.4. The Balaban J connectivity index is 1.60. The molecule has 1 amide bonds. The highest BCUT2D eigenvalue weighted by Crippen LogP contribution is 2.34. The SMILES string of the molecule is N#CCCOC(=O)[C@H](CC1CC1)NC(=O)C[C@@H]1CCC(=S)N1Cc1cccc(F)c1F. The zero-order valence-electron chi connectivity index (χ0n) is 17.1. The molecule has 31 heavy (non-hydrogen) atoms. The van der Waals surface area contributed by atoms with Crippen molar-refractivity contribution in [3.8, 4) is 6.07 Å². The third-order valence-electron chi connectivity index (χ3n) is 5.59. The molecule has 0 aromatic heterocycles. The lowest BCUT2D eigenvalue weighted by atomic mass is 10.1. The van der Waals surface area contributed by atoms with E-state index in [1.807, 2.05) is 6.07 Å². The van der Waals surface area contributed by atoms with Crippen LogP contribution in [0.2, 0.25) is 0 Å². The number of ether oxygens (including phenoxy) is 1. The molecule has 0 radical (unpaired) electrons. The molecule has 0 bridgehead atoms. The van der Waals surface area contributed by atoms with Crippen LogP contribution in [0.15, 0.2) is 18.2 Å². The molecule has 2 fully saturated rings. The third-order valence-corrected chi connectivity index (χ3v) is 6.03. The summed E-state index contributed by atoms with van der Waals surface area (Å²) >= 11 is 5.38. The molecular formula is C22H25F2N3O3S. The molecule has 166 valence electrons. The summed E-state index contributed by atoms with van der Waals surface area (Å²) in [5.41, 5.74) is 0.183. The van der Waals surface area contributed by atoms with E-state index in [1.165, 1.54) is 12.1 Å². The molecule has 1 aliphatic heterocycles. The lowest BCUT2D eigenvalue weighted by Gasteiger charge is -2.27. The van der Waals surface area contributed by atoms with E-state index >= 15 is 0 Å². The first-order valence-corrected chi connectivity index (χ1v) is 10.8. The molecule has 0 spiro atoms. The van der Waals surface area contributed by atoms with Crippen LogP contribution >= 0.6 is 12.2 Å². The number of halogens is 2. The zero-order valence-corrected chi connectivity index (χ0v) is 17.9. The first-order chi connectivity index (χ1) is 14.9. The van der Waals surface area contributed by atoms with Gasteiger partial charge >= 0.3 is 5.97 Å². The second-order valence-electron chi connectivity index (χ2n) is 8.01. The standard InChI is InChI=1S/C22H25F2N3O3S/c23-17-4-1-3-15(21(17)24)13-27-16(7-8-20(27)31)12-19(28)26-18(11-14-5-6-14)22(29)30-10-2-9-25/h1,3-4,14,16,18H,2,5-8,10-13H2,(H,26,28)/t16-,18-/m0/s1. The van der Waals surface area contributed by atoms with Crippen molar-refractivity contribution < 1.29 is 23.1 Å². The minimum absolute atomic E-state index is 0.00373. The number of carbonyl (C=O) groups is 2. The molecule has 1 saturated heterocycles. The predicted molar refractivity (Wildman–Crippen MR) is 113 cm³/mol. The summed E-state index contributed by atoms with van der Waals surface area (Å²) in [5, 5.41) is 11.4. The van der Waals surface area contributed by atoms with Crippen LogP contribution in [0.25, 0.3) is 0 Å². The molecule has 3 rings (SSSR count). The number of amides is 1. The number of hydrogen-bond donors (Lipinski definition) is 1. The number of nitrogens with zero attached hydrogens (tertiary/aromatic N) is 2. The van der Waals surface area contributed by atoms with Gasteiger partial charge in [0.2, 0.25) is 5.91 Å². The van der Waals surface area contributed by atoms with Crippen molar-refractivity contribution in [1.82, 2.24) is 10.2 Å². The highest BCUT2D eigenvalue weighted by Gasteiger charge is 2.34. The number of rotatable bonds is 10. The van der Waals surface area contributed by atoms with E-state index < -0.39 is 23.6 Å². The molecule has 0 unspecified atom stereocenters. The number of benzene rings is 1. The van der Waals surface area contributed by atoms with E-state index in [1.54, 1.807) is 4.90 Å². The van der Waals surface area contributed by atoms with Gasteiger partial charge < -0.3 is 15.0 Å². The Labute approximate surface area is 185 Å². The summed E-state index contributed by atoms with van der Waals surface area (Å²) < 4.78 is 32.7. The number of carbonyl (C=O) groups excluding carboxylic acids is 2. The van der Waals surface area contributed by atoms with Crippen LogP contribution in [0.4, 0.5) is 8.78 Å². The topological polar surface area (TPSA) is 82.4 Å². The van der Waals surface area contributed by atoms with Crippen molar-refractivity contribution in [3.05, 3.63) is 35.4 Å². The van der Waals surface area contributed by atoms with Gasteiger partial charge in [0.1, 0.15) is 12.6 Å². The largest absolute Gasteiger partial charge is 0.463 e. The molecule has 1 aromatic rings. The molecular weight excluding hydrogens is 424 g/mol. The number of likely N-dealkylation sites (tertiary alicyclic amines) is 1. The summed E-state index contributed by atoms with van der Waals surface area (Å²) in [5.74, 6) is -2.29. The van der Waals surface area contributed by atoms with Gasteiger partial charge in [0.25, 0.3) is 0 Å². The van der Waals surface area contributed by atoms with Gasteiger partial charge in [0.05, 0.1) is 17.5 Å². The van der Waals surface area contributed by atoms with Gasteiger partial charge in [-0.25, -0.2) is 13.6 Å². The Morgan fingerprint density at radius 2 is 2.10 bits per heavy atom. The quantitative estimate of drug-likeness (QED) is 0.335. The first kappa shape index (κ1) is 23.1. The number of hydrogen-bond acceptors (Lipinski definition) is 5. The fourth-order valence-electron chi connectivity index (χ4n) is 3.74.